The van der Waals surface area contributed by atoms with Gasteiger partial charge in [-0.3, -0.25) is 4.79 Å². The van der Waals surface area contributed by atoms with E-state index >= 15 is 0 Å². The summed E-state index contributed by atoms with van der Waals surface area (Å²) < 4.78 is 7.13. The van der Waals surface area contributed by atoms with E-state index in [2.05, 4.69) is 11.9 Å². The maximum absolute atomic E-state index is 12.9. The van der Waals surface area contributed by atoms with Gasteiger partial charge in [-0.15, -0.1) is 0 Å². The van der Waals surface area contributed by atoms with Crippen LogP contribution in [0.5, 0.6) is 5.75 Å². The molecule has 1 amide bonds. The van der Waals surface area contributed by atoms with E-state index in [1.807, 2.05) is 34.7 Å². The molecule has 1 aliphatic rings. The summed E-state index contributed by atoms with van der Waals surface area (Å²) in [5, 5.41) is 1.32. The lowest BCUT2D eigenvalue weighted by molar-refractivity contribution is 0.0666. The van der Waals surface area contributed by atoms with Crippen LogP contribution in [0, 0.1) is 0 Å². The number of rotatable bonds is 2. The van der Waals surface area contributed by atoms with Crippen LogP contribution in [0.3, 0.4) is 0 Å². The Morgan fingerprint density at radius 1 is 1.18 bits per heavy atom. The highest BCUT2D eigenvalue weighted by Crippen LogP contribution is 2.32. The van der Waals surface area contributed by atoms with Crippen molar-refractivity contribution in [3.05, 3.63) is 28.9 Å². The quantitative estimate of drug-likeness (QED) is 0.851. The van der Waals surface area contributed by atoms with Crippen molar-refractivity contribution in [2.45, 2.75) is 0 Å². The maximum atomic E-state index is 12.9. The number of benzene rings is 1. The minimum atomic E-state index is -0.00282. The van der Waals surface area contributed by atoms with E-state index in [9.17, 15) is 4.79 Å². The van der Waals surface area contributed by atoms with Crippen molar-refractivity contribution in [3.63, 3.8) is 0 Å². The number of ether oxygens (including phenoxy) is 1. The smallest absolute Gasteiger partial charge is 0.257 e. The molecule has 0 bridgehead atoms. The minimum absolute atomic E-state index is 0.00282. The molecule has 0 N–H and O–H groups in total. The molecule has 0 radical (unpaired) electrons. The summed E-state index contributed by atoms with van der Waals surface area (Å²) >= 11 is 6.44. The highest BCUT2D eigenvalue weighted by Gasteiger charge is 2.26. The Morgan fingerprint density at radius 2 is 1.86 bits per heavy atom. The van der Waals surface area contributed by atoms with Crippen molar-refractivity contribution in [2.24, 2.45) is 7.05 Å². The molecule has 1 aromatic carbocycles. The zero-order chi connectivity index (χ0) is 15.9. The second-order valence-electron chi connectivity index (χ2n) is 5.70. The number of methoxy groups -OCH3 is 1. The number of piperazine rings is 1. The molecule has 0 spiro atoms. The molecule has 2 heterocycles. The molecule has 118 valence electrons. The summed E-state index contributed by atoms with van der Waals surface area (Å²) in [5.41, 5.74) is 1.51. The van der Waals surface area contributed by atoms with Crippen molar-refractivity contribution in [3.8, 4) is 5.75 Å². The van der Waals surface area contributed by atoms with Crippen LogP contribution in [-0.2, 0) is 7.05 Å². The fraction of sp³-hybridized carbons (Fsp3) is 0.438. The number of hydrogen-bond acceptors (Lipinski definition) is 3. The average Bonchev–Trinajstić information content (AvgIpc) is 2.78. The van der Waals surface area contributed by atoms with Crippen LogP contribution in [0.4, 0.5) is 0 Å². The number of halogens is 1. The third kappa shape index (κ3) is 2.44. The predicted octanol–water partition coefficient (Wildman–Crippen LogP) is 2.23. The number of amides is 1. The molecule has 1 aromatic heterocycles. The van der Waals surface area contributed by atoms with E-state index in [1.54, 1.807) is 7.11 Å². The Balaban J connectivity index is 2.05. The van der Waals surface area contributed by atoms with Crippen molar-refractivity contribution >= 4 is 28.4 Å². The molecule has 0 saturated carbocycles. The molecule has 0 aliphatic carbocycles. The normalized spacial score (nSPS) is 16.3. The first-order valence-electron chi connectivity index (χ1n) is 7.32. The Morgan fingerprint density at radius 3 is 2.50 bits per heavy atom. The van der Waals surface area contributed by atoms with Gasteiger partial charge < -0.3 is 19.1 Å². The number of likely N-dealkylation sites (N-methyl/N-ethyl adjacent to an activating group) is 1. The fourth-order valence-corrected chi connectivity index (χ4v) is 3.16. The largest absolute Gasteiger partial charge is 0.497 e. The number of hydrogen-bond donors (Lipinski definition) is 0. The van der Waals surface area contributed by atoms with Crippen molar-refractivity contribution in [1.82, 2.24) is 14.4 Å². The average molecular weight is 322 g/mol. The van der Waals surface area contributed by atoms with E-state index in [0.717, 1.165) is 42.8 Å². The second-order valence-corrected chi connectivity index (χ2v) is 6.06. The first-order chi connectivity index (χ1) is 10.5. The van der Waals surface area contributed by atoms with E-state index in [-0.39, 0.29) is 5.91 Å². The van der Waals surface area contributed by atoms with Gasteiger partial charge in [0, 0.05) is 44.1 Å². The van der Waals surface area contributed by atoms with Gasteiger partial charge in [0.2, 0.25) is 0 Å². The molecule has 1 fully saturated rings. The van der Waals surface area contributed by atoms with Crippen molar-refractivity contribution < 1.29 is 9.53 Å². The third-order valence-corrected chi connectivity index (χ3v) is 4.78. The summed E-state index contributed by atoms with van der Waals surface area (Å²) in [6.07, 6.45) is 0. The molecule has 1 aliphatic heterocycles. The SMILES string of the molecule is COc1ccc2c(c1)c(C(=O)N1CCN(C)CC1)c(Cl)n2C. The van der Waals surface area contributed by atoms with Crippen LogP contribution in [-0.4, -0.2) is 60.6 Å². The third-order valence-electron chi connectivity index (χ3n) is 4.34. The second kappa shape index (κ2) is 5.82. The van der Waals surface area contributed by atoms with Gasteiger partial charge in [0.1, 0.15) is 10.9 Å². The van der Waals surface area contributed by atoms with Crippen LogP contribution in [0.25, 0.3) is 10.9 Å². The molecule has 22 heavy (non-hydrogen) atoms. The van der Waals surface area contributed by atoms with Gasteiger partial charge in [-0.25, -0.2) is 0 Å². The molecular formula is C16H20ClN3O2. The van der Waals surface area contributed by atoms with E-state index in [0.29, 0.717) is 10.7 Å². The maximum Gasteiger partial charge on any atom is 0.257 e. The Hall–Kier alpha value is -1.72. The van der Waals surface area contributed by atoms with Gasteiger partial charge in [-0.2, -0.15) is 0 Å². The Kier molecular flexibility index (Phi) is 4.02. The first-order valence-corrected chi connectivity index (χ1v) is 7.70. The van der Waals surface area contributed by atoms with Crippen LogP contribution in [0.15, 0.2) is 18.2 Å². The standard InChI is InChI=1S/C16H20ClN3O2/c1-18-6-8-20(9-7-18)16(21)14-12-10-11(22-3)4-5-13(12)19(2)15(14)17/h4-5,10H,6-9H2,1-3H3. The van der Waals surface area contributed by atoms with Gasteiger partial charge in [0.25, 0.3) is 5.91 Å². The molecule has 6 heteroatoms. The van der Waals surface area contributed by atoms with E-state index in [4.69, 9.17) is 16.3 Å². The topological polar surface area (TPSA) is 37.7 Å². The van der Waals surface area contributed by atoms with Gasteiger partial charge >= 0.3 is 0 Å². The van der Waals surface area contributed by atoms with Crippen LogP contribution >= 0.6 is 11.6 Å². The molecule has 5 nitrogen and oxygen atoms in total. The zero-order valence-corrected chi connectivity index (χ0v) is 13.9. The molecular weight excluding hydrogens is 302 g/mol. The zero-order valence-electron chi connectivity index (χ0n) is 13.1. The molecule has 0 atom stereocenters. The fourth-order valence-electron chi connectivity index (χ4n) is 2.89. The number of carbonyl (C=O) groups excluding carboxylic acids is 1. The first kappa shape index (κ1) is 15.2. The monoisotopic (exact) mass is 321 g/mol. The molecule has 1 saturated heterocycles. The number of aromatic nitrogens is 1. The molecule has 2 aromatic rings. The minimum Gasteiger partial charge on any atom is -0.497 e. The van der Waals surface area contributed by atoms with Gasteiger partial charge in [0.05, 0.1) is 12.7 Å². The van der Waals surface area contributed by atoms with Gasteiger partial charge in [-0.05, 0) is 25.2 Å². The number of nitrogens with zero attached hydrogens (tertiary/aromatic N) is 3. The molecule has 3 rings (SSSR count). The Labute approximate surface area is 135 Å². The number of carbonyl (C=O) groups is 1. The summed E-state index contributed by atoms with van der Waals surface area (Å²) in [4.78, 5) is 17.0. The summed E-state index contributed by atoms with van der Waals surface area (Å²) in [7, 11) is 5.56. The van der Waals surface area contributed by atoms with Crippen LogP contribution < -0.4 is 4.74 Å². The van der Waals surface area contributed by atoms with Crippen LogP contribution in [0.1, 0.15) is 10.4 Å². The van der Waals surface area contributed by atoms with Crippen molar-refractivity contribution in [1.29, 1.82) is 0 Å². The summed E-state index contributed by atoms with van der Waals surface area (Å²) in [6, 6.07) is 5.69. The van der Waals surface area contributed by atoms with Crippen LogP contribution in [0.2, 0.25) is 5.15 Å². The lowest BCUT2D eigenvalue weighted by atomic mass is 10.1. The number of fused-ring (bicyclic) bond motifs is 1. The molecule has 0 unspecified atom stereocenters. The van der Waals surface area contributed by atoms with Gasteiger partial charge in [0.15, 0.2) is 0 Å². The van der Waals surface area contributed by atoms with E-state index in [1.165, 1.54) is 0 Å². The van der Waals surface area contributed by atoms with Gasteiger partial charge in [-0.1, -0.05) is 11.6 Å². The lowest BCUT2D eigenvalue weighted by Crippen LogP contribution is -2.47. The summed E-state index contributed by atoms with van der Waals surface area (Å²) in [5.74, 6) is 0.721. The number of aryl methyl sites for hydroxylation is 1. The lowest BCUT2D eigenvalue weighted by Gasteiger charge is -2.32. The van der Waals surface area contributed by atoms with E-state index < -0.39 is 0 Å². The highest BCUT2D eigenvalue weighted by molar-refractivity contribution is 6.35. The highest BCUT2D eigenvalue weighted by atomic mass is 35.5. The Bertz CT molecular complexity index is 718. The predicted molar refractivity (Wildman–Crippen MR) is 87.9 cm³/mol. The summed E-state index contributed by atoms with van der Waals surface area (Å²) in [6.45, 7) is 3.23. The van der Waals surface area contributed by atoms with Crippen molar-refractivity contribution in [2.75, 3.05) is 40.3 Å².